The van der Waals surface area contributed by atoms with Crippen molar-refractivity contribution in [1.82, 2.24) is 0 Å². The van der Waals surface area contributed by atoms with Crippen LogP contribution in [-0.2, 0) is 12.0 Å². The van der Waals surface area contributed by atoms with Gasteiger partial charge in [-0.3, -0.25) is 0 Å². The van der Waals surface area contributed by atoms with Gasteiger partial charge in [0.15, 0.2) is 0 Å². The van der Waals surface area contributed by atoms with Gasteiger partial charge in [0.2, 0.25) is 0 Å². The van der Waals surface area contributed by atoms with Crippen molar-refractivity contribution in [2.45, 2.75) is 44.1 Å². The van der Waals surface area contributed by atoms with E-state index in [1.54, 1.807) is 0 Å². The number of benzene rings is 1. The van der Waals surface area contributed by atoms with E-state index in [0.717, 1.165) is 19.3 Å². The van der Waals surface area contributed by atoms with Gasteiger partial charge >= 0.3 is 0 Å². The Labute approximate surface area is 97.5 Å². The molecular formula is C14H21NO. The van der Waals surface area contributed by atoms with Crippen LogP contribution in [-0.4, -0.2) is 11.7 Å². The molecular weight excluding hydrogens is 198 g/mol. The van der Waals surface area contributed by atoms with E-state index in [9.17, 15) is 0 Å². The molecule has 0 spiro atoms. The summed E-state index contributed by atoms with van der Waals surface area (Å²) in [6, 6.07) is 8.45. The van der Waals surface area contributed by atoms with E-state index in [0.29, 0.717) is 0 Å². The van der Waals surface area contributed by atoms with Crippen molar-refractivity contribution in [3.05, 3.63) is 35.4 Å². The Morgan fingerprint density at radius 2 is 1.69 bits per heavy atom. The van der Waals surface area contributed by atoms with Crippen molar-refractivity contribution in [1.29, 1.82) is 0 Å². The summed E-state index contributed by atoms with van der Waals surface area (Å²) in [5.74, 6) is 0. The quantitative estimate of drug-likeness (QED) is 0.819. The van der Waals surface area contributed by atoms with Crippen molar-refractivity contribution >= 4 is 0 Å². The zero-order chi connectivity index (χ0) is 11.4. The van der Waals surface area contributed by atoms with Gasteiger partial charge in [-0.1, -0.05) is 43.5 Å². The number of hydrogen-bond acceptors (Lipinski definition) is 2. The molecule has 0 radical (unpaired) electrons. The Bertz CT molecular complexity index is 325. The highest BCUT2D eigenvalue weighted by Crippen LogP contribution is 2.34. The Kier molecular flexibility index (Phi) is 3.62. The molecule has 0 atom stereocenters. The molecule has 0 saturated heterocycles. The van der Waals surface area contributed by atoms with Gasteiger partial charge in [0, 0.05) is 12.1 Å². The monoisotopic (exact) mass is 219 g/mol. The fourth-order valence-electron chi connectivity index (χ4n) is 2.60. The van der Waals surface area contributed by atoms with Gasteiger partial charge in [0.25, 0.3) is 0 Å². The Morgan fingerprint density at radius 1 is 1.06 bits per heavy atom. The molecule has 1 aliphatic carbocycles. The molecule has 0 amide bonds. The van der Waals surface area contributed by atoms with E-state index in [4.69, 9.17) is 10.8 Å². The van der Waals surface area contributed by atoms with E-state index in [1.807, 2.05) is 0 Å². The predicted molar refractivity (Wildman–Crippen MR) is 66.2 cm³/mol. The standard InChI is InChI=1S/C14H21NO/c15-14(9-2-1-3-10-14)13-6-4-12(5-7-13)8-11-16/h4-7,16H,1-3,8-11,15H2. The first-order valence-electron chi connectivity index (χ1n) is 6.24. The van der Waals surface area contributed by atoms with Crippen LogP contribution in [0.4, 0.5) is 0 Å². The van der Waals surface area contributed by atoms with Crippen LogP contribution in [0.15, 0.2) is 24.3 Å². The molecule has 0 heterocycles. The minimum absolute atomic E-state index is 0.101. The van der Waals surface area contributed by atoms with Gasteiger partial charge in [-0.15, -0.1) is 0 Å². The van der Waals surface area contributed by atoms with Crippen molar-refractivity contribution in [2.24, 2.45) is 5.73 Å². The van der Waals surface area contributed by atoms with Crippen LogP contribution in [0.1, 0.15) is 43.2 Å². The zero-order valence-electron chi connectivity index (χ0n) is 9.78. The largest absolute Gasteiger partial charge is 0.396 e. The number of nitrogens with two attached hydrogens (primary N) is 1. The summed E-state index contributed by atoms with van der Waals surface area (Å²) in [6.07, 6.45) is 6.75. The fourth-order valence-corrected chi connectivity index (χ4v) is 2.60. The molecule has 1 aromatic rings. The lowest BCUT2D eigenvalue weighted by Gasteiger charge is -2.34. The highest BCUT2D eigenvalue weighted by atomic mass is 16.2. The summed E-state index contributed by atoms with van der Waals surface area (Å²) in [4.78, 5) is 0. The van der Waals surface area contributed by atoms with Crippen LogP contribution in [0.5, 0.6) is 0 Å². The van der Waals surface area contributed by atoms with Gasteiger partial charge in [0.05, 0.1) is 0 Å². The summed E-state index contributed by atoms with van der Waals surface area (Å²) in [5, 5.41) is 8.86. The molecule has 1 aromatic carbocycles. The van der Waals surface area contributed by atoms with Crippen molar-refractivity contribution in [3.8, 4) is 0 Å². The molecule has 88 valence electrons. The number of rotatable bonds is 3. The maximum absolute atomic E-state index is 8.86. The highest BCUT2D eigenvalue weighted by molar-refractivity contribution is 5.28. The second-order valence-corrected chi connectivity index (χ2v) is 4.89. The second kappa shape index (κ2) is 4.98. The second-order valence-electron chi connectivity index (χ2n) is 4.89. The molecule has 1 saturated carbocycles. The van der Waals surface area contributed by atoms with Crippen LogP contribution in [0, 0.1) is 0 Å². The summed E-state index contributed by atoms with van der Waals surface area (Å²) in [7, 11) is 0. The molecule has 0 unspecified atom stereocenters. The lowest BCUT2D eigenvalue weighted by atomic mass is 9.77. The molecule has 0 aliphatic heterocycles. The lowest BCUT2D eigenvalue weighted by Crippen LogP contribution is -2.38. The normalized spacial score (nSPS) is 19.6. The van der Waals surface area contributed by atoms with Gasteiger partial charge < -0.3 is 10.8 Å². The van der Waals surface area contributed by atoms with Crippen molar-refractivity contribution in [3.63, 3.8) is 0 Å². The average molecular weight is 219 g/mol. The summed E-state index contributed by atoms with van der Waals surface area (Å²) in [5.41, 5.74) is 8.80. The molecule has 1 fully saturated rings. The highest BCUT2D eigenvalue weighted by Gasteiger charge is 2.28. The van der Waals surface area contributed by atoms with Gasteiger partial charge in [-0.05, 0) is 30.4 Å². The first-order chi connectivity index (χ1) is 7.74. The first-order valence-corrected chi connectivity index (χ1v) is 6.24. The molecule has 16 heavy (non-hydrogen) atoms. The number of hydrogen-bond donors (Lipinski definition) is 2. The van der Waals surface area contributed by atoms with Gasteiger partial charge in [-0.25, -0.2) is 0 Å². The summed E-state index contributed by atoms with van der Waals surface area (Å²) < 4.78 is 0. The minimum Gasteiger partial charge on any atom is -0.396 e. The first kappa shape index (κ1) is 11.6. The van der Waals surface area contributed by atoms with Gasteiger partial charge in [0.1, 0.15) is 0 Å². The Balaban J connectivity index is 2.13. The molecule has 0 bridgehead atoms. The lowest BCUT2D eigenvalue weighted by molar-refractivity contribution is 0.298. The fraction of sp³-hybridized carbons (Fsp3) is 0.571. The Morgan fingerprint density at radius 3 is 2.25 bits per heavy atom. The molecule has 2 nitrogen and oxygen atoms in total. The zero-order valence-corrected chi connectivity index (χ0v) is 9.78. The van der Waals surface area contributed by atoms with E-state index in [1.165, 1.54) is 30.4 Å². The number of aliphatic hydroxyl groups excluding tert-OH is 1. The van der Waals surface area contributed by atoms with Crippen LogP contribution in [0.3, 0.4) is 0 Å². The molecule has 1 aliphatic rings. The topological polar surface area (TPSA) is 46.2 Å². The number of aliphatic hydroxyl groups is 1. The summed E-state index contributed by atoms with van der Waals surface area (Å²) in [6.45, 7) is 0.215. The van der Waals surface area contributed by atoms with E-state index < -0.39 is 0 Å². The van der Waals surface area contributed by atoms with Gasteiger partial charge in [-0.2, -0.15) is 0 Å². The molecule has 2 heteroatoms. The van der Waals surface area contributed by atoms with Crippen LogP contribution in [0.2, 0.25) is 0 Å². The molecule has 0 aromatic heterocycles. The van der Waals surface area contributed by atoms with Crippen LogP contribution in [0.25, 0.3) is 0 Å². The third-order valence-electron chi connectivity index (χ3n) is 3.68. The molecule has 3 N–H and O–H groups in total. The summed E-state index contributed by atoms with van der Waals surface area (Å²) >= 11 is 0. The van der Waals surface area contributed by atoms with Crippen LogP contribution < -0.4 is 5.73 Å². The third kappa shape index (κ3) is 2.45. The van der Waals surface area contributed by atoms with Crippen molar-refractivity contribution in [2.75, 3.05) is 6.61 Å². The van der Waals surface area contributed by atoms with Crippen LogP contribution >= 0.6 is 0 Å². The van der Waals surface area contributed by atoms with Crippen molar-refractivity contribution < 1.29 is 5.11 Å². The maximum atomic E-state index is 8.86. The van der Waals surface area contributed by atoms with E-state index in [-0.39, 0.29) is 12.1 Å². The third-order valence-corrected chi connectivity index (χ3v) is 3.68. The maximum Gasteiger partial charge on any atom is 0.0471 e. The minimum atomic E-state index is -0.101. The van der Waals surface area contributed by atoms with E-state index in [2.05, 4.69) is 24.3 Å². The smallest absolute Gasteiger partial charge is 0.0471 e. The van der Waals surface area contributed by atoms with E-state index >= 15 is 0 Å². The predicted octanol–water partition coefficient (Wildman–Crippen LogP) is 2.34. The average Bonchev–Trinajstić information content (AvgIpc) is 2.31. The molecule has 2 rings (SSSR count). The SMILES string of the molecule is NC1(c2ccc(CCO)cc2)CCCCC1. The Hall–Kier alpha value is -0.860.